The van der Waals surface area contributed by atoms with Crippen LogP contribution >= 0.6 is 151 Å². The standard InChI is InChI=1S/C22H22F3N3O3.C21H16Cl3N3O2S.C21H19Cl3N2O3.C20H18Cl3N3O3.C20H19Cl3N2O3/c1-13-7-16(10-17(8-13)22(23,24)25)21(3)11-19(28-31-21)15-5-6-18(14(2)9-15)20(29)26-12-27-30-4;1-21(14-6-16(22)19(24)17(23)7-14)8-18(27-29-21)12-2-4-13(5-3-12)20(28)25-9-15-10-30-11-26-15;1-21(14-9-15(22)19(24)16(23)10-14)11-17(26-29-21)12-4-6-13(7-5-12)20(27)25-18-3-2-8-28-18;1-3-28-25-11-24-19(27)13-6-4-12(5-7-13)17-10-20(2,29-26-17)14-8-15(21)18(23)16(22)9-14;1-3-27-11-24-19(26)13-6-4-12(5-7-13)17-10-20(2,28-25-17)14-8-15(21)18(23)16(22)9-14/h5-10,12H,11H2,1-4H3,(H,26,27,29);2-7,10-11H,8-9H2,1H3,(H,25,28);4-7,9-10,18H,2-3,8,11H2,1H3,(H,25,27);4-9,11H,3,10H2,1-2H3,(H,24,25,27);4-9H,3,10-11H2,1-2H3,(H,24,26). The number of halogens is 15. The lowest BCUT2D eigenvalue weighted by atomic mass is 9.86. The second-order valence-corrected chi connectivity index (χ2v) is 40.4. The van der Waals surface area contributed by atoms with Gasteiger partial charge in [0, 0.05) is 101 Å². The van der Waals surface area contributed by atoms with E-state index in [0.717, 1.165) is 110 Å². The van der Waals surface area contributed by atoms with Crippen LogP contribution in [0.4, 0.5) is 13.2 Å². The second kappa shape index (κ2) is 49.9. The van der Waals surface area contributed by atoms with Gasteiger partial charge in [0.25, 0.3) is 29.5 Å². The molecule has 6 unspecified atom stereocenters. The second-order valence-electron chi connectivity index (χ2n) is 34.9. The van der Waals surface area contributed by atoms with Gasteiger partial charge in [-0.1, -0.05) is 242 Å². The molecule has 27 nitrogen and oxygen atoms in total. The SMILES string of the molecule is CC1(c2cc(Cl)c(Cl)c(Cl)c2)CC(c2ccc(C(=O)NC3CCCO3)cc2)=NO1.CC1(c2cc(Cl)c(Cl)c(Cl)c2)CC(c2ccc(C(=O)NCc3cscn3)cc2)=NO1.CCOCNC(=O)c1ccc(C2=NOC(C)(c3cc(Cl)c(Cl)c(Cl)c3)C2)cc1.CCON=CNC(=O)c1ccc(C2=NOC(C)(c3cc(Cl)c(Cl)c(Cl)c3)C2)cc1.CON=CNC(=O)c1ccc(C2=NOC(C)(c3cc(C)cc(C(F)(F)F)c3)C2)cc1C. The Kier molecular flexibility index (Phi) is 38.3. The molecule has 10 aromatic carbocycles. The number of rotatable bonds is 26. The van der Waals surface area contributed by atoms with E-state index in [-0.39, 0.29) is 42.5 Å². The molecule has 5 N–H and O–H groups in total. The highest BCUT2D eigenvalue weighted by molar-refractivity contribution is 7.07. The van der Waals surface area contributed by atoms with Gasteiger partial charge in [-0.15, -0.1) is 11.3 Å². The van der Waals surface area contributed by atoms with Crippen LogP contribution in [0.1, 0.15) is 223 Å². The average molecular weight is 2260 g/mol. The topological polar surface area (TPSA) is 328 Å². The number of alkyl halides is 3. The Morgan fingerprint density at radius 2 is 0.796 bits per heavy atom. The molecule has 0 spiro atoms. The van der Waals surface area contributed by atoms with Gasteiger partial charge in [0.05, 0.1) is 112 Å². The number of amides is 5. The molecule has 6 aliphatic heterocycles. The molecule has 0 radical (unpaired) electrons. The van der Waals surface area contributed by atoms with E-state index in [9.17, 15) is 37.1 Å². The van der Waals surface area contributed by atoms with Crippen molar-refractivity contribution in [3.63, 3.8) is 0 Å². The number of oxime groups is 7. The third-order valence-corrected chi connectivity index (χ3v) is 29.3. The van der Waals surface area contributed by atoms with Gasteiger partial charge >= 0.3 is 6.18 Å². The molecule has 6 atom stereocenters. The molecule has 1 aromatic heterocycles. The van der Waals surface area contributed by atoms with E-state index in [1.165, 1.54) is 24.8 Å². The van der Waals surface area contributed by atoms with Crippen LogP contribution in [-0.2, 0) is 84.1 Å². The Bertz CT molecular complexity index is 6860. The number of carbonyl (C=O) groups is 5. The zero-order valence-corrected chi connectivity index (χ0v) is 90.0. The summed E-state index contributed by atoms with van der Waals surface area (Å²) < 4.78 is 50.3. The lowest BCUT2D eigenvalue weighted by Gasteiger charge is -2.23. The van der Waals surface area contributed by atoms with Crippen LogP contribution < -0.4 is 26.6 Å². The van der Waals surface area contributed by atoms with Gasteiger partial charge in [-0.25, -0.2) is 4.98 Å². The van der Waals surface area contributed by atoms with Crippen molar-refractivity contribution in [1.82, 2.24) is 31.6 Å². The van der Waals surface area contributed by atoms with Crippen LogP contribution in [0.25, 0.3) is 0 Å². The third kappa shape index (κ3) is 28.6. The van der Waals surface area contributed by atoms with Crippen molar-refractivity contribution >= 4 is 221 Å². The van der Waals surface area contributed by atoms with E-state index >= 15 is 0 Å². The summed E-state index contributed by atoms with van der Waals surface area (Å²) in [6.45, 7) is 18.7. The van der Waals surface area contributed by atoms with Gasteiger partial charge in [-0.05, 0) is 235 Å². The minimum Gasteiger partial charge on any atom is -0.398 e. The van der Waals surface area contributed by atoms with Crippen molar-refractivity contribution in [2.24, 2.45) is 36.1 Å². The lowest BCUT2D eigenvalue weighted by Crippen LogP contribution is -2.34. The zero-order chi connectivity index (χ0) is 106. The van der Waals surface area contributed by atoms with E-state index < -0.39 is 39.7 Å². The first kappa shape index (κ1) is 113. The van der Waals surface area contributed by atoms with Crippen molar-refractivity contribution in [2.75, 3.05) is 33.7 Å². The number of aromatic nitrogens is 1. The summed E-state index contributed by atoms with van der Waals surface area (Å²) in [6, 6.07) is 51.6. The van der Waals surface area contributed by atoms with Crippen LogP contribution in [-0.4, -0.2) is 116 Å². The maximum absolute atomic E-state index is 13.2. The summed E-state index contributed by atoms with van der Waals surface area (Å²) in [5.74, 6) is -1.14. The van der Waals surface area contributed by atoms with E-state index in [1.54, 1.807) is 155 Å². The van der Waals surface area contributed by atoms with Crippen molar-refractivity contribution in [3.8, 4) is 0 Å². The van der Waals surface area contributed by atoms with Crippen LogP contribution in [0.2, 0.25) is 60.3 Å². The summed E-state index contributed by atoms with van der Waals surface area (Å²) in [5.41, 5.74) is 13.2. The number of hydrogen-bond donors (Lipinski definition) is 5. The Morgan fingerprint density at radius 3 is 1.14 bits per heavy atom. The van der Waals surface area contributed by atoms with E-state index in [0.29, 0.717) is 169 Å². The monoisotopic (exact) mass is 2260 g/mol. The largest absolute Gasteiger partial charge is 0.416 e. The number of carbonyl (C=O) groups excluding carboxylic acids is 5. The number of aryl methyl sites for hydroxylation is 2. The number of hydrogen-bond acceptors (Lipinski definition) is 23. The fraction of sp³-hybridized carbons (Fsp3) is 0.279. The van der Waals surface area contributed by atoms with E-state index in [4.69, 9.17) is 178 Å². The van der Waals surface area contributed by atoms with Crippen molar-refractivity contribution in [3.05, 3.63) is 359 Å². The summed E-state index contributed by atoms with van der Waals surface area (Å²) >= 11 is 74.9. The predicted octanol–water partition coefficient (Wildman–Crippen LogP) is 27.1. The van der Waals surface area contributed by atoms with E-state index in [1.807, 2.05) is 88.5 Å². The van der Waals surface area contributed by atoms with Gasteiger partial charge < -0.3 is 69.9 Å². The number of ether oxygens (including phenoxy) is 2. The molecule has 6 aliphatic rings. The molecule has 5 amide bonds. The van der Waals surface area contributed by atoms with Gasteiger partial charge in [0.1, 0.15) is 39.4 Å². The Morgan fingerprint density at radius 1 is 0.442 bits per heavy atom. The third-order valence-electron chi connectivity index (χ3n) is 23.9. The van der Waals surface area contributed by atoms with Crippen LogP contribution in [0, 0.1) is 13.8 Å². The predicted molar refractivity (Wildman–Crippen MR) is 571 cm³/mol. The molecule has 1 fully saturated rings. The van der Waals surface area contributed by atoms with Gasteiger partial charge in [-0.2, -0.15) is 13.2 Å². The minimum absolute atomic E-state index is 0.150. The highest BCUT2D eigenvalue weighted by Crippen LogP contribution is 2.48. The van der Waals surface area contributed by atoms with Crippen molar-refractivity contribution < 1.29 is 80.5 Å². The van der Waals surface area contributed by atoms with E-state index in [2.05, 4.69) is 72.5 Å². The minimum atomic E-state index is -4.44. The quantitative estimate of drug-likeness (QED) is 0.00840. The molecule has 43 heteroatoms. The van der Waals surface area contributed by atoms with Crippen LogP contribution in [0.3, 0.4) is 0 Å². The fourth-order valence-corrected chi connectivity index (χ4v) is 18.6. The molecular formula is C104H94Cl12F3N13O14S. The molecule has 11 aromatic rings. The fourth-order valence-electron chi connectivity index (χ4n) is 15.6. The molecule has 770 valence electrons. The summed E-state index contributed by atoms with van der Waals surface area (Å²) in [6.07, 6.45) is 1.90. The molecule has 7 heterocycles. The van der Waals surface area contributed by atoms with Crippen LogP contribution in [0.15, 0.2) is 229 Å². The Labute approximate surface area is 908 Å². The molecular weight excluding hydrogens is 2170 g/mol. The maximum atomic E-state index is 13.2. The highest BCUT2D eigenvalue weighted by atomic mass is 35.5. The normalized spacial score (nSPS) is 19.4. The summed E-state index contributed by atoms with van der Waals surface area (Å²) in [4.78, 5) is 103. The molecule has 0 bridgehead atoms. The molecule has 147 heavy (non-hydrogen) atoms. The molecule has 1 saturated heterocycles. The molecule has 0 saturated carbocycles. The summed E-state index contributed by atoms with van der Waals surface area (Å²) in [5, 5.41) is 47.6. The smallest absolute Gasteiger partial charge is 0.398 e. The maximum Gasteiger partial charge on any atom is 0.416 e. The average Bonchev–Trinajstić information content (AvgIpc) is 1.66. The molecule has 0 aliphatic carbocycles. The Hall–Kier alpha value is -11.3. The molecule has 17 rings (SSSR count). The first-order chi connectivity index (χ1) is 69.9. The first-order valence-electron chi connectivity index (χ1n) is 45.2. The lowest BCUT2D eigenvalue weighted by molar-refractivity contribution is -0.137. The highest BCUT2D eigenvalue weighted by Gasteiger charge is 2.44. The van der Waals surface area contributed by atoms with Crippen molar-refractivity contribution in [1.29, 1.82) is 0 Å². The number of benzene rings is 10. The zero-order valence-electron chi connectivity index (χ0n) is 80.1. The first-order valence-corrected chi connectivity index (χ1v) is 50.7. The van der Waals surface area contributed by atoms with Gasteiger partial charge in [0.15, 0.2) is 28.0 Å². The van der Waals surface area contributed by atoms with Gasteiger partial charge in [-0.3, -0.25) is 24.0 Å². The van der Waals surface area contributed by atoms with Crippen LogP contribution in [0.5, 0.6) is 0 Å². The Balaban J connectivity index is 0.000000154. The summed E-state index contributed by atoms with van der Waals surface area (Å²) in [7, 11) is 1.36. The number of nitrogens with one attached hydrogen (secondary N) is 5. The number of nitrogens with zero attached hydrogens (tertiary/aromatic N) is 8. The van der Waals surface area contributed by atoms with Gasteiger partial charge in [0.2, 0.25) is 0 Å². The van der Waals surface area contributed by atoms with Crippen molar-refractivity contribution in [2.45, 2.75) is 154 Å². The number of thiazole rings is 1.